The lowest BCUT2D eigenvalue weighted by atomic mass is 9.76. The summed E-state index contributed by atoms with van der Waals surface area (Å²) in [5.74, 6) is 2.43. The van der Waals surface area contributed by atoms with Crippen LogP contribution in [0.1, 0.15) is 42.0 Å². The van der Waals surface area contributed by atoms with Crippen molar-refractivity contribution in [2.75, 3.05) is 11.9 Å². The molecule has 1 aliphatic carbocycles. The molecule has 0 unspecified atom stereocenters. The van der Waals surface area contributed by atoms with Gasteiger partial charge in [0.05, 0.1) is 12.6 Å². The lowest BCUT2D eigenvalue weighted by Gasteiger charge is -2.38. The molecule has 4 aromatic rings. The fourth-order valence-electron chi connectivity index (χ4n) is 5.52. The Hall–Kier alpha value is -3.43. The number of benzene rings is 4. The van der Waals surface area contributed by atoms with Gasteiger partial charge < -0.3 is 14.8 Å². The minimum Gasteiger partial charge on any atom is -0.490 e. The molecule has 0 amide bonds. The monoisotopic (exact) mass is 481 g/mol. The summed E-state index contributed by atoms with van der Waals surface area (Å²) in [4.78, 5) is 0. The Morgan fingerprint density at radius 3 is 2.63 bits per heavy atom. The third kappa shape index (κ3) is 4.15. The van der Waals surface area contributed by atoms with Crippen molar-refractivity contribution in [2.45, 2.75) is 31.9 Å². The molecule has 0 bridgehead atoms. The lowest BCUT2D eigenvalue weighted by molar-refractivity contribution is 0.268. The van der Waals surface area contributed by atoms with Crippen LogP contribution in [0.2, 0.25) is 5.02 Å². The van der Waals surface area contributed by atoms with Crippen molar-refractivity contribution in [1.82, 2.24) is 0 Å². The van der Waals surface area contributed by atoms with Gasteiger partial charge >= 0.3 is 0 Å². The number of rotatable bonds is 6. The van der Waals surface area contributed by atoms with Gasteiger partial charge in [-0.1, -0.05) is 78.4 Å². The molecule has 4 aromatic carbocycles. The molecule has 0 saturated carbocycles. The number of ether oxygens (including phenoxy) is 2. The van der Waals surface area contributed by atoms with E-state index in [2.05, 4.69) is 66.0 Å². The van der Waals surface area contributed by atoms with Crippen LogP contribution in [0.5, 0.6) is 11.5 Å². The average molecular weight is 482 g/mol. The largest absolute Gasteiger partial charge is 0.490 e. The molecule has 35 heavy (non-hydrogen) atoms. The average Bonchev–Trinajstić information content (AvgIpc) is 3.39. The fraction of sp³-hybridized carbons (Fsp3) is 0.226. The van der Waals surface area contributed by atoms with Gasteiger partial charge in [-0.3, -0.25) is 0 Å². The number of allylic oxidation sites excluding steroid dienone is 2. The van der Waals surface area contributed by atoms with Crippen molar-refractivity contribution in [2.24, 2.45) is 5.92 Å². The van der Waals surface area contributed by atoms with Crippen LogP contribution >= 0.6 is 11.6 Å². The predicted octanol–water partition coefficient (Wildman–Crippen LogP) is 8.30. The summed E-state index contributed by atoms with van der Waals surface area (Å²) < 4.78 is 12.2. The molecular weight excluding hydrogens is 454 g/mol. The molecule has 4 heteroatoms. The molecule has 6 rings (SSSR count). The predicted molar refractivity (Wildman–Crippen MR) is 144 cm³/mol. The Bertz CT molecular complexity index is 1400. The second-order valence-corrected chi connectivity index (χ2v) is 9.72. The van der Waals surface area contributed by atoms with Crippen molar-refractivity contribution in [3.63, 3.8) is 0 Å². The summed E-state index contributed by atoms with van der Waals surface area (Å²) in [5, 5.41) is 7.20. The second-order valence-electron chi connectivity index (χ2n) is 9.28. The van der Waals surface area contributed by atoms with Gasteiger partial charge in [0.15, 0.2) is 11.5 Å². The van der Waals surface area contributed by atoms with Crippen molar-refractivity contribution >= 4 is 28.1 Å². The third-order valence-electron chi connectivity index (χ3n) is 7.20. The number of nitrogens with one attached hydrogen (secondary N) is 1. The van der Waals surface area contributed by atoms with Gasteiger partial charge in [0.2, 0.25) is 0 Å². The first-order valence-electron chi connectivity index (χ1n) is 12.3. The van der Waals surface area contributed by atoms with Crippen molar-refractivity contribution in [3.05, 3.63) is 113 Å². The molecule has 1 aliphatic heterocycles. The van der Waals surface area contributed by atoms with Gasteiger partial charge in [-0.05, 0) is 65.6 Å². The van der Waals surface area contributed by atoms with Gasteiger partial charge in [0, 0.05) is 22.0 Å². The highest BCUT2D eigenvalue weighted by molar-refractivity contribution is 6.30. The van der Waals surface area contributed by atoms with Crippen LogP contribution in [0.15, 0.2) is 91.0 Å². The van der Waals surface area contributed by atoms with Gasteiger partial charge in [0.25, 0.3) is 0 Å². The van der Waals surface area contributed by atoms with Gasteiger partial charge in [0.1, 0.15) is 6.61 Å². The molecular formula is C31H28ClNO2. The minimum absolute atomic E-state index is 0.192. The zero-order valence-corrected chi connectivity index (χ0v) is 20.5. The lowest BCUT2D eigenvalue weighted by Crippen LogP contribution is -2.29. The summed E-state index contributed by atoms with van der Waals surface area (Å²) in [7, 11) is 0. The molecule has 176 valence electrons. The Morgan fingerprint density at radius 2 is 1.77 bits per heavy atom. The molecule has 3 nitrogen and oxygen atoms in total. The second kappa shape index (κ2) is 9.31. The summed E-state index contributed by atoms with van der Waals surface area (Å²) in [6.07, 6.45) is 5.79. The maximum Gasteiger partial charge on any atom is 0.161 e. The quantitative estimate of drug-likeness (QED) is 0.281. The molecule has 0 radical (unpaired) electrons. The number of hydrogen-bond acceptors (Lipinski definition) is 3. The van der Waals surface area contributed by atoms with E-state index in [9.17, 15) is 0 Å². The van der Waals surface area contributed by atoms with E-state index < -0.39 is 0 Å². The van der Waals surface area contributed by atoms with Crippen molar-refractivity contribution in [3.8, 4) is 11.5 Å². The Morgan fingerprint density at radius 1 is 0.914 bits per heavy atom. The van der Waals surface area contributed by atoms with Crippen LogP contribution in [0, 0.1) is 5.92 Å². The molecule has 2 aliphatic rings. The molecule has 0 saturated heterocycles. The van der Waals surface area contributed by atoms with Gasteiger partial charge in [-0.15, -0.1) is 0 Å². The van der Waals surface area contributed by atoms with Gasteiger partial charge in [-0.2, -0.15) is 0 Å². The maximum atomic E-state index is 6.16. The van der Waals surface area contributed by atoms with E-state index >= 15 is 0 Å². The topological polar surface area (TPSA) is 30.5 Å². The Balaban J connectivity index is 1.33. The summed E-state index contributed by atoms with van der Waals surface area (Å²) in [6, 6.07) is 27.5. The fourth-order valence-corrected chi connectivity index (χ4v) is 5.64. The van der Waals surface area contributed by atoms with Crippen LogP contribution < -0.4 is 14.8 Å². The smallest absolute Gasteiger partial charge is 0.161 e. The van der Waals surface area contributed by atoms with Crippen LogP contribution in [-0.4, -0.2) is 6.61 Å². The number of anilines is 1. The zero-order valence-electron chi connectivity index (χ0n) is 19.7. The summed E-state index contributed by atoms with van der Waals surface area (Å²) in [6.45, 7) is 3.06. The van der Waals surface area contributed by atoms with E-state index in [1.807, 2.05) is 37.3 Å². The summed E-state index contributed by atoms with van der Waals surface area (Å²) >= 11 is 6.02. The van der Waals surface area contributed by atoms with E-state index in [4.69, 9.17) is 21.1 Å². The first-order valence-corrected chi connectivity index (χ1v) is 12.7. The normalized spacial score (nSPS) is 20.2. The van der Waals surface area contributed by atoms with Crippen LogP contribution in [0.4, 0.5) is 5.69 Å². The maximum absolute atomic E-state index is 6.16. The first kappa shape index (κ1) is 22.1. The van der Waals surface area contributed by atoms with Crippen LogP contribution in [0.3, 0.4) is 0 Å². The van der Waals surface area contributed by atoms with E-state index in [0.717, 1.165) is 28.5 Å². The highest BCUT2D eigenvalue weighted by Crippen LogP contribution is 2.52. The van der Waals surface area contributed by atoms with E-state index in [1.165, 1.54) is 27.6 Å². The molecule has 0 spiro atoms. The number of hydrogen-bond donors (Lipinski definition) is 1. The van der Waals surface area contributed by atoms with E-state index in [-0.39, 0.29) is 6.04 Å². The highest BCUT2D eigenvalue weighted by Gasteiger charge is 2.38. The highest BCUT2D eigenvalue weighted by atomic mass is 35.5. The summed E-state index contributed by atoms with van der Waals surface area (Å²) in [5.41, 5.74) is 4.94. The van der Waals surface area contributed by atoms with Crippen LogP contribution in [0.25, 0.3) is 10.8 Å². The molecule has 3 atom stereocenters. The van der Waals surface area contributed by atoms with Crippen molar-refractivity contribution in [1.29, 1.82) is 0 Å². The molecule has 1 N–H and O–H groups in total. The first-order chi connectivity index (χ1) is 17.2. The van der Waals surface area contributed by atoms with E-state index in [0.29, 0.717) is 25.0 Å². The van der Waals surface area contributed by atoms with E-state index in [1.54, 1.807) is 0 Å². The van der Waals surface area contributed by atoms with Gasteiger partial charge in [-0.25, -0.2) is 0 Å². The zero-order chi connectivity index (χ0) is 23.8. The molecule has 0 fully saturated rings. The standard InChI is InChI=1S/C31H28ClNO2/c1-2-34-29-18-22(13-17-28(29)35-19-20-10-14-23(32)15-11-20)30-26-9-5-8-25(26)27-16-12-21-6-3-4-7-24(21)31(27)33-30/h3-8,10-18,25-26,30,33H,2,9,19H2,1H3/t25-,26+,30+/m1/s1. The molecule has 1 heterocycles. The number of fused-ring (bicyclic) bond motifs is 5. The third-order valence-corrected chi connectivity index (χ3v) is 7.45. The van der Waals surface area contributed by atoms with Crippen LogP contribution in [-0.2, 0) is 6.61 Å². The Kier molecular flexibility index (Phi) is 5.87. The number of halogens is 1. The minimum atomic E-state index is 0.192. The SMILES string of the molecule is CCOc1cc([C@@H]2Nc3c(ccc4ccccc34)[C@@H]3C=CC[C@@H]32)ccc1OCc1ccc(Cl)cc1. The van der Waals surface area contributed by atoms with Crippen molar-refractivity contribution < 1.29 is 9.47 Å². The Labute approximate surface area is 211 Å². The molecule has 0 aromatic heterocycles.